The number of ketones is 1. The van der Waals surface area contributed by atoms with Crippen molar-refractivity contribution in [2.75, 3.05) is 13.7 Å². The molecule has 4 rings (SSSR count). The third-order valence-corrected chi connectivity index (χ3v) is 5.37. The topological polar surface area (TPSA) is 84.7 Å². The van der Waals surface area contributed by atoms with Crippen LogP contribution in [-0.2, 0) is 16.1 Å². The molecule has 1 amide bonds. The molecule has 0 spiro atoms. The first-order chi connectivity index (χ1) is 15.1. The zero-order chi connectivity index (χ0) is 21.8. The number of hydrogen-bond donors (Lipinski definition) is 1. The van der Waals surface area contributed by atoms with E-state index in [0.717, 1.165) is 5.56 Å². The molecule has 0 radical (unpaired) electrons. The van der Waals surface area contributed by atoms with E-state index in [4.69, 9.17) is 4.74 Å². The van der Waals surface area contributed by atoms with E-state index in [9.17, 15) is 14.7 Å². The van der Waals surface area contributed by atoms with Gasteiger partial charge in [-0.25, -0.2) is 4.98 Å². The van der Waals surface area contributed by atoms with Crippen LogP contribution in [0, 0.1) is 0 Å². The molecule has 158 valence electrons. The zero-order valence-electron chi connectivity index (χ0n) is 17.1. The van der Waals surface area contributed by atoms with Crippen LogP contribution in [-0.4, -0.2) is 44.9 Å². The van der Waals surface area contributed by atoms with Gasteiger partial charge < -0.3 is 19.3 Å². The van der Waals surface area contributed by atoms with Crippen molar-refractivity contribution in [3.63, 3.8) is 0 Å². The summed E-state index contributed by atoms with van der Waals surface area (Å²) in [5.74, 6) is -0.946. The second-order valence-electron chi connectivity index (χ2n) is 7.29. The summed E-state index contributed by atoms with van der Waals surface area (Å²) >= 11 is 0. The number of methoxy groups -OCH3 is 1. The van der Waals surface area contributed by atoms with E-state index in [1.54, 1.807) is 41.7 Å². The molecule has 1 N–H and O–H groups in total. The molecular weight excluding hydrogens is 394 g/mol. The van der Waals surface area contributed by atoms with Gasteiger partial charge in [-0.2, -0.15) is 0 Å². The monoisotopic (exact) mass is 417 g/mol. The van der Waals surface area contributed by atoms with Gasteiger partial charge in [0.2, 0.25) is 0 Å². The van der Waals surface area contributed by atoms with Gasteiger partial charge in [-0.15, -0.1) is 0 Å². The molecule has 7 nitrogen and oxygen atoms in total. The number of benzene rings is 2. The Kier molecular flexibility index (Phi) is 5.84. The lowest BCUT2D eigenvalue weighted by atomic mass is 9.95. The van der Waals surface area contributed by atoms with E-state index < -0.39 is 17.7 Å². The normalized spacial score (nSPS) is 17.8. The number of rotatable bonds is 7. The molecule has 1 saturated heterocycles. The number of aryl methyl sites for hydroxylation is 1. The van der Waals surface area contributed by atoms with Crippen molar-refractivity contribution < 1.29 is 19.4 Å². The number of likely N-dealkylation sites (tertiary alicyclic amines) is 1. The summed E-state index contributed by atoms with van der Waals surface area (Å²) in [5, 5.41) is 11.1. The zero-order valence-corrected chi connectivity index (χ0v) is 17.1. The first-order valence-electron chi connectivity index (χ1n) is 10.0. The summed E-state index contributed by atoms with van der Waals surface area (Å²) < 4.78 is 7.15. The third-order valence-electron chi connectivity index (χ3n) is 5.37. The average molecular weight is 417 g/mol. The number of carbonyl (C=O) groups is 2. The number of imidazole rings is 1. The molecule has 31 heavy (non-hydrogen) atoms. The fourth-order valence-corrected chi connectivity index (χ4v) is 3.86. The maximum Gasteiger partial charge on any atom is 0.295 e. The van der Waals surface area contributed by atoms with Crippen molar-refractivity contribution in [2.24, 2.45) is 0 Å². The second kappa shape index (κ2) is 8.87. The van der Waals surface area contributed by atoms with Gasteiger partial charge in [0.25, 0.3) is 11.7 Å². The average Bonchev–Trinajstić information content (AvgIpc) is 3.41. The Hall–Kier alpha value is -3.87. The molecule has 1 aliphatic rings. The smallest absolute Gasteiger partial charge is 0.295 e. The largest absolute Gasteiger partial charge is 0.507 e. The molecule has 7 heteroatoms. The summed E-state index contributed by atoms with van der Waals surface area (Å²) in [4.78, 5) is 31.5. The van der Waals surface area contributed by atoms with Crippen molar-refractivity contribution in [3.8, 4) is 5.75 Å². The SMILES string of the molecule is COc1cccc(/C(O)=C2/C(=O)C(=O)N(CCCn3ccnc3)C2c2ccccc2)c1. The van der Waals surface area contributed by atoms with Crippen LogP contribution in [0.2, 0.25) is 0 Å². The minimum atomic E-state index is -0.684. The van der Waals surface area contributed by atoms with Crippen LogP contribution in [0.1, 0.15) is 23.6 Å². The maximum atomic E-state index is 13.0. The van der Waals surface area contributed by atoms with Gasteiger partial charge in [0.05, 0.1) is 25.1 Å². The van der Waals surface area contributed by atoms with Crippen molar-refractivity contribution >= 4 is 17.4 Å². The lowest BCUT2D eigenvalue weighted by molar-refractivity contribution is -0.139. The molecule has 1 fully saturated rings. The lowest BCUT2D eigenvalue weighted by Gasteiger charge is -2.25. The number of hydrogen-bond acceptors (Lipinski definition) is 5. The van der Waals surface area contributed by atoms with E-state index >= 15 is 0 Å². The number of Topliss-reactive ketones (excluding diaryl/α,β-unsaturated/α-hetero) is 1. The number of nitrogens with zero attached hydrogens (tertiary/aromatic N) is 3. The highest BCUT2D eigenvalue weighted by molar-refractivity contribution is 6.46. The number of ether oxygens (including phenoxy) is 1. The number of carbonyl (C=O) groups excluding carboxylic acids is 2. The number of aliphatic hydroxyl groups excluding tert-OH is 1. The van der Waals surface area contributed by atoms with E-state index in [-0.39, 0.29) is 11.3 Å². The predicted molar refractivity (Wildman–Crippen MR) is 115 cm³/mol. The highest BCUT2D eigenvalue weighted by Gasteiger charge is 2.45. The highest BCUT2D eigenvalue weighted by Crippen LogP contribution is 2.39. The van der Waals surface area contributed by atoms with Crippen LogP contribution < -0.4 is 4.74 Å². The van der Waals surface area contributed by atoms with Crippen LogP contribution in [0.25, 0.3) is 5.76 Å². The second-order valence-corrected chi connectivity index (χ2v) is 7.29. The molecule has 0 saturated carbocycles. The van der Waals surface area contributed by atoms with Crippen molar-refractivity contribution in [3.05, 3.63) is 90.0 Å². The third kappa shape index (κ3) is 4.07. The van der Waals surface area contributed by atoms with Crippen LogP contribution in [0.4, 0.5) is 0 Å². The predicted octanol–water partition coefficient (Wildman–Crippen LogP) is 3.40. The molecule has 2 heterocycles. The lowest BCUT2D eigenvalue weighted by Crippen LogP contribution is -2.31. The van der Waals surface area contributed by atoms with Gasteiger partial charge in [0.15, 0.2) is 0 Å². The fourth-order valence-electron chi connectivity index (χ4n) is 3.86. The van der Waals surface area contributed by atoms with Crippen molar-refractivity contribution in [1.29, 1.82) is 0 Å². The molecule has 1 aromatic heterocycles. The number of aliphatic hydroxyl groups is 1. The van der Waals surface area contributed by atoms with Gasteiger partial charge in [0, 0.05) is 31.0 Å². The fraction of sp³-hybridized carbons (Fsp3) is 0.208. The molecular formula is C24H23N3O4. The van der Waals surface area contributed by atoms with Crippen LogP contribution in [0.3, 0.4) is 0 Å². The van der Waals surface area contributed by atoms with Gasteiger partial charge in [-0.3, -0.25) is 9.59 Å². The highest BCUT2D eigenvalue weighted by atomic mass is 16.5. The van der Waals surface area contributed by atoms with E-state index in [1.807, 2.05) is 41.1 Å². The van der Waals surface area contributed by atoms with Crippen molar-refractivity contribution in [1.82, 2.24) is 14.5 Å². The quantitative estimate of drug-likeness (QED) is 0.362. The Bertz CT molecular complexity index is 1110. The van der Waals surface area contributed by atoms with Crippen LogP contribution in [0.5, 0.6) is 5.75 Å². The summed E-state index contributed by atoms with van der Waals surface area (Å²) in [6.07, 6.45) is 5.91. The van der Waals surface area contributed by atoms with Crippen LogP contribution in [0.15, 0.2) is 78.9 Å². The Morgan fingerprint density at radius 3 is 2.61 bits per heavy atom. The van der Waals surface area contributed by atoms with Gasteiger partial charge >= 0.3 is 0 Å². The molecule has 0 aliphatic carbocycles. The van der Waals surface area contributed by atoms with E-state index in [2.05, 4.69) is 4.98 Å². The molecule has 0 bridgehead atoms. The molecule has 1 unspecified atom stereocenters. The Morgan fingerprint density at radius 2 is 1.90 bits per heavy atom. The molecule has 3 aromatic rings. The molecule has 1 atom stereocenters. The number of amides is 1. The van der Waals surface area contributed by atoms with Crippen LogP contribution >= 0.6 is 0 Å². The first-order valence-corrected chi connectivity index (χ1v) is 10.0. The summed E-state index contributed by atoms with van der Waals surface area (Å²) in [7, 11) is 1.53. The van der Waals surface area contributed by atoms with Crippen molar-refractivity contribution in [2.45, 2.75) is 19.0 Å². The first kappa shape index (κ1) is 20.4. The van der Waals surface area contributed by atoms with E-state index in [0.29, 0.717) is 30.8 Å². The molecule has 2 aromatic carbocycles. The van der Waals surface area contributed by atoms with Gasteiger partial charge in [-0.05, 0) is 24.1 Å². The Morgan fingerprint density at radius 1 is 1.10 bits per heavy atom. The summed E-state index contributed by atoms with van der Waals surface area (Å²) in [6.45, 7) is 1.04. The maximum absolute atomic E-state index is 13.0. The minimum Gasteiger partial charge on any atom is -0.507 e. The number of aromatic nitrogens is 2. The Labute approximate surface area is 180 Å². The Balaban J connectivity index is 1.72. The summed E-state index contributed by atoms with van der Waals surface area (Å²) in [6, 6.07) is 15.4. The summed E-state index contributed by atoms with van der Waals surface area (Å²) in [5.41, 5.74) is 1.29. The van der Waals surface area contributed by atoms with Gasteiger partial charge in [0.1, 0.15) is 11.5 Å². The standard InChI is InChI=1S/C24H23N3O4/c1-31-19-10-5-9-18(15-19)22(28)20-21(17-7-3-2-4-8-17)27(24(30)23(20)29)13-6-12-26-14-11-25-16-26/h2-5,7-11,14-16,21,28H,6,12-13H2,1H3/b22-20-. The van der Waals surface area contributed by atoms with Gasteiger partial charge in [-0.1, -0.05) is 42.5 Å². The molecule has 1 aliphatic heterocycles. The van der Waals surface area contributed by atoms with E-state index in [1.165, 1.54) is 7.11 Å². The minimum absolute atomic E-state index is 0.0899.